The number of rotatable bonds is 6. The summed E-state index contributed by atoms with van der Waals surface area (Å²) >= 11 is 0. The van der Waals surface area contributed by atoms with Crippen LogP contribution in [0.4, 0.5) is 0 Å². The van der Waals surface area contributed by atoms with Crippen LogP contribution in [0, 0.1) is 0 Å². The summed E-state index contributed by atoms with van der Waals surface area (Å²) in [5.41, 5.74) is 1.21. The van der Waals surface area contributed by atoms with Gasteiger partial charge in [-0.15, -0.1) is 0 Å². The number of aromatic nitrogens is 2. The lowest BCUT2D eigenvalue weighted by atomic mass is 10.3. The van der Waals surface area contributed by atoms with Crippen molar-refractivity contribution in [2.45, 2.75) is 39.4 Å². The maximum atomic E-state index is 4.08. The first-order chi connectivity index (χ1) is 7.09. The molecule has 1 aromatic heterocycles. The zero-order valence-corrected chi connectivity index (χ0v) is 10.1. The van der Waals surface area contributed by atoms with Crippen LogP contribution in [0.25, 0.3) is 0 Å². The second-order valence-corrected chi connectivity index (χ2v) is 4.34. The maximum absolute atomic E-state index is 4.08. The van der Waals surface area contributed by atoms with Crippen LogP contribution in [0.2, 0.25) is 0 Å². The highest BCUT2D eigenvalue weighted by molar-refractivity contribution is 4.97. The predicted octanol–water partition coefficient (Wildman–Crippen LogP) is 0.896. The number of hydrogen-bond donors (Lipinski definition) is 2. The predicted molar refractivity (Wildman–Crippen MR) is 62.6 cm³/mol. The van der Waals surface area contributed by atoms with E-state index < -0.39 is 0 Å². The van der Waals surface area contributed by atoms with Gasteiger partial charge in [0.15, 0.2) is 0 Å². The maximum Gasteiger partial charge on any atom is 0.0945 e. The monoisotopic (exact) mass is 210 g/mol. The number of aryl methyl sites for hydroxylation is 1. The molecule has 0 aliphatic rings. The Kier molecular flexibility index (Phi) is 4.78. The van der Waals surface area contributed by atoms with E-state index in [4.69, 9.17) is 0 Å². The van der Waals surface area contributed by atoms with Gasteiger partial charge in [-0.3, -0.25) is 0 Å². The zero-order chi connectivity index (χ0) is 11.3. The minimum Gasteiger partial charge on any atom is -0.337 e. The Morgan fingerprint density at radius 2 is 2.07 bits per heavy atom. The van der Waals surface area contributed by atoms with E-state index in [9.17, 15) is 0 Å². The second-order valence-electron chi connectivity index (χ2n) is 4.34. The smallest absolute Gasteiger partial charge is 0.0945 e. The molecule has 0 radical (unpaired) electrons. The third-order valence-corrected chi connectivity index (χ3v) is 2.38. The molecule has 0 fully saturated rings. The molecule has 86 valence electrons. The second kappa shape index (κ2) is 5.88. The summed E-state index contributed by atoms with van der Waals surface area (Å²) in [5.74, 6) is 0. The molecule has 2 N–H and O–H groups in total. The van der Waals surface area contributed by atoms with Gasteiger partial charge >= 0.3 is 0 Å². The van der Waals surface area contributed by atoms with Crippen molar-refractivity contribution in [3.8, 4) is 0 Å². The highest BCUT2D eigenvalue weighted by Gasteiger charge is 2.03. The topological polar surface area (TPSA) is 41.9 Å². The van der Waals surface area contributed by atoms with Crippen molar-refractivity contribution in [1.29, 1.82) is 0 Å². The van der Waals surface area contributed by atoms with Crippen LogP contribution in [0.15, 0.2) is 12.5 Å². The summed E-state index contributed by atoms with van der Waals surface area (Å²) in [4.78, 5) is 4.08. The summed E-state index contributed by atoms with van der Waals surface area (Å²) in [6.07, 6.45) is 3.73. The van der Waals surface area contributed by atoms with Crippen LogP contribution in [0.3, 0.4) is 0 Å². The normalized spacial score (nSPS) is 13.4. The Bertz CT molecular complexity index is 280. The van der Waals surface area contributed by atoms with Gasteiger partial charge in [-0.1, -0.05) is 13.8 Å². The first-order valence-corrected chi connectivity index (χ1v) is 5.51. The molecule has 1 heterocycles. The molecule has 0 aliphatic carbocycles. The number of nitrogens with zero attached hydrogens (tertiary/aromatic N) is 2. The Balaban J connectivity index is 2.22. The van der Waals surface area contributed by atoms with Crippen molar-refractivity contribution in [1.82, 2.24) is 20.2 Å². The molecule has 0 bridgehead atoms. The average Bonchev–Trinajstić information content (AvgIpc) is 2.58. The van der Waals surface area contributed by atoms with Gasteiger partial charge in [0.2, 0.25) is 0 Å². The highest BCUT2D eigenvalue weighted by atomic mass is 15.1. The third kappa shape index (κ3) is 4.44. The number of hydrogen-bond acceptors (Lipinski definition) is 3. The van der Waals surface area contributed by atoms with Gasteiger partial charge in [0.25, 0.3) is 0 Å². The molecule has 15 heavy (non-hydrogen) atoms. The molecule has 0 saturated carbocycles. The molecule has 4 nitrogen and oxygen atoms in total. The van der Waals surface area contributed by atoms with E-state index in [1.807, 2.05) is 24.1 Å². The molecule has 1 rings (SSSR count). The van der Waals surface area contributed by atoms with Crippen LogP contribution >= 0.6 is 0 Å². The van der Waals surface area contributed by atoms with Crippen molar-refractivity contribution >= 4 is 0 Å². The number of imidazole rings is 1. The molecular weight excluding hydrogens is 188 g/mol. The van der Waals surface area contributed by atoms with Crippen molar-refractivity contribution < 1.29 is 0 Å². The summed E-state index contributed by atoms with van der Waals surface area (Å²) in [6.45, 7) is 8.38. The molecular formula is C11H22N4. The fourth-order valence-corrected chi connectivity index (χ4v) is 1.32. The van der Waals surface area contributed by atoms with E-state index >= 15 is 0 Å². The molecule has 0 spiro atoms. The van der Waals surface area contributed by atoms with E-state index in [-0.39, 0.29) is 0 Å². The zero-order valence-electron chi connectivity index (χ0n) is 10.1. The van der Waals surface area contributed by atoms with Gasteiger partial charge in [0, 0.05) is 38.4 Å². The molecule has 1 aromatic rings. The van der Waals surface area contributed by atoms with Crippen molar-refractivity contribution in [3.63, 3.8) is 0 Å². The highest BCUT2D eigenvalue weighted by Crippen LogP contribution is 1.95. The molecule has 1 unspecified atom stereocenters. The summed E-state index contributed by atoms with van der Waals surface area (Å²) in [5, 5.41) is 6.86. The SMILES string of the molecule is CC(C)NCC(C)NCc1cncn1C. The average molecular weight is 210 g/mol. The Labute approximate surface area is 92.1 Å². The van der Waals surface area contributed by atoms with Crippen LogP contribution in [-0.2, 0) is 13.6 Å². The van der Waals surface area contributed by atoms with E-state index in [1.54, 1.807) is 0 Å². The Morgan fingerprint density at radius 1 is 1.33 bits per heavy atom. The molecule has 1 atom stereocenters. The fraction of sp³-hybridized carbons (Fsp3) is 0.727. The van der Waals surface area contributed by atoms with Gasteiger partial charge in [0.05, 0.1) is 12.0 Å². The van der Waals surface area contributed by atoms with Crippen LogP contribution in [0.5, 0.6) is 0 Å². The quantitative estimate of drug-likeness (QED) is 0.733. The van der Waals surface area contributed by atoms with Crippen LogP contribution < -0.4 is 10.6 Å². The lowest BCUT2D eigenvalue weighted by molar-refractivity contribution is 0.468. The first-order valence-electron chi connectivity index (χ1n) is 5.51. The summed E-state index contributed by atoms with van der Waals surface area (Å²) in [7, 11) is 2.01. The standard InChI is InChI=1S/C11H22N4/c1-9(2)13-5-10(3)14-7-11-6-12-8-15(11)4/h6,8-10,13-14H,5,7H2,1-4H3. The van der Waals surface area contributed by atoms with Gasteiger partial charge in [-0.05, 0) is 6.92 Å². The fourth-order valence-electron chi connectivity index (χ4n) is 1.32. The van der Waals surface area contributed by atoms with Gasteiger partial charge in [-0.2, -0.15) is 0 Å². The van der Waals surface area contributed by atoms with Gasteiger partial charge in [0.1, 0.15) is 0 Å². The van der Waals surface area contributed by atoms with E-state index in [1.165, 1.54) is 5.69 Å². The van der Waals surface area contributed by atoms with Crippen LogP contribution in [-0.4, -0.2) is 28.2 Å². The van der Waals surface area contributed by atoms with Gasteiger partial charge < -0.3 is 15.2 Å². The van der Waals surface area contributed by atoms with E-state index in [0.29, 0.717) is 12.1 Å². The van der Waals surface area contributed by atoms with E-state index in [0.717, 1.165) is 13.1 Å². The minimum absolute atomic E-state index is 0.474. The molecule has 0 aliphatic heterocycles. The van der Waals surface area contributed by atoms with Crippen molar-refractivity contribution in [3.05, 3.63) is 18.2 Å². The largest absolute Gasteiger partial charge is 0.337 e. The Morgan fingerprint density at radius 3 is 2.60 bits per heavy atom. The lowest BCUT2D eigenvalue weighted by Crippen LogP contribution is -2.38. The molecule has 0 aromatic carbocycles. The lowest BCUT2D eigenvalue weighted by Gasteiger charge is -2.16. The van der Waals surface area contributed by atoms with E-state index in [2.05, 4.69) is 36.4 Å². The Hall–Kier alpha value is -0.870. The third-order valence-electron chi connectivity index (χ3n) is 2.38. The molecule has 4 heteroatoms. The molecule has 0 amide bonds. The van der Waals surface area contributed by atoms with Crippen molar-refractivity contribution in [2.24, 2.45) is 7.05 Å². The van der Waals surface area contributed by atoms with Gasteiger partial charge in [-0.25, -0.2) is 4.98 Å². The number of nitrogens with one attached hydrogen (secondary N) is 2. The minimum atomic E-state index is 0.474. The molecule has 0 saturated heterocycles. The summed E-state index contributed by atoms with van der Waals surface area (Å²) in [6, 6.07) is 1.02. The summed E-state index contributed by atoms with van der Waals surface area (Å²) < 4.78 is 2.04. The van der Waals surface area contributed by atoms with Crippen molar-refractivity contribution in [2.75, 3.05) is 6.54 Å². The van der Waals surface area contributed by atoms with Crippen LogP contribution in [0.1, 0.15) is 26.5 Å². The first kappa shape index (κ1) is 12.2.